The third-order valence-corrected chi connectivity index (χ3v) is 5.81. The molecule has 2 rings (SSSR count). The first-order valence-electron chi connectivity index (χ1n) is 7.74. The summed E-state index contributed by atoms with van der Waals surface area (Å²) in [6.07, 6.45) is 2.68. The van der Waals surface area contributed by atoms with E-state index < -0.39 is 10.0 Å². The second kappa shape index (κ2) is 7.38. The Bertz CT molecular complexity index is 533. The van der Waals surface area contributed by atoms with E-state index in [1.165, 1.54) is 0 Å². The molecule has 0 aromatic heterocycles. The Morgan fingerprint density at radius 1 is 1.24 bits per heavy atom. The largest absolute Gasteiger partial charge is 0.381 e. The van der Waals surface area contributed by atoms with Crippen molar-refractivity contribution in [2.24, 2.45) is 5.92 Å². The molecule has 1 unspecified atom stereocenters. The van der Waals surface area contributed by atoms with Crippen LogP contribution in [0.3, 0.4) is 0 Å². The lowest BCUT2D eigenvalue weighted by atomic mass is 10.1. The van der Waals surface area contributed by atoms with Crippen molar-refractivity contribution in [1.29, 1.82) is 0 Å². The van der Waals surface area contributed by atoms with E-state index in [1.807, 2.05) is 19.1 Å². The standard InChI is InChI=1S/C16H25NO3S/c1-3-10-17(12-15-9-11-20-13-15)21(18,19)16-7-5-14(4-2)6-8-16/h5-8,15H,3-4,9-13H2,1-2H3. The van der Waals surface area contributed by atoms with E-state index in [9.17, 15) is 8.42 Å². The predicted octanol–water partition coefficient (Wildman–Crippen LogP) is 2.69. The van der Waals surface area contributed by atoms with Crippen LogP contribution in [0, 0.1) is 5.92 Å². The second-order valence-electron chi connectivity index (χ2n) is 5.59. The van der Waals surface area contributed by atoms with Crippen molar-refractivity contribution in [3.05, 3.63) is 29.8 Å². The average Bonchev–Trinajstić information content (AvgIpc) is 3.00. The van der Waals surface area contributed by atoms with Crippen LogP contribution >= 0.6 is 0 Å². The Labute approximate surface area is 128 Å². The highest BCUT2D eigenvalue weighted by Gasteiger charge is 2.28. The molecule has 1 atom stereocenters. The fraction of sp³-hybridized carbons (Fsp3) is 0.625. The first kappa shape index (κ1) is 16.5. The number of nitrogens with zero attached hydrogens (tertiary/aromatic N) is 1. The van der Waals surface area contributed by atoms with Gasteiger partial charge in [0.25, 0.3) is 0 Å². The summed E-state index contributed by atoms with van der Waals surface area (Å²) in [5.41, 5.74) is 1.15. The lowest BCUT2D eigenvalue weighted by Crippen LogP contribution is -2.36. The van der Waals surface area contributed by atoms with Gasteiger partial charge in [0.15, 0.2) is 0 Å². The van der Waals surface area contributed by atoms with E-state index in [-0.39, 0.29) is 0 Å². The summed E-state index contributed by atoms with van der Waals surface area (Å²) in [5.74, 6) is 0.321. The number of hydrogen-bond donors (Lipinski definition) is 0. The third kappa shape index (κ3) is 4.05. The highest BCUT2D eigenvalue weighted by Crippen LogP contribution is 2.21. The van der Waals surface area contributed by atoms with E-state index in [0.29, 0.717) is 30.5 Å². The van der Waals surface area contributed by atoms with Crippen LogP contribution in [0.2, 0.25) is 0 Å². The van der Waals surface area contributed by atoms with Crippen LogP contribution in [-0.2, 0) is 21.2 Å². The van der Waals surface area contributed by atoms with Crippen molar-refractivity contribution < 1.29 is 13.2 Å². The summed E-state index contributed by atoms with van der Waals surface area (Å²) in [7, 11) is -3.40. The molecule has 1 aromatic carbocycles. The molecule has 5 heteroatoms. The summed E-state index contributed by atoms with van der Waals surface area (Å²) in [4.78, 5) is 0.395. The number of benzene rings is 1. The van der Waals surface area contributed by atoms with Crippen LogP contribution in [0.15, 0.2) is 29.2 Å². The molecule has 4 nitrogen and oxygen atoms in total. The number of aryl methyl sites for hydroxylation is 1. The van der Waals surface area contributed by atoms with E-state index in [2.05, 4.69) is 6.92 Å². The van der Waals surface area contributed by atoms with Crippen molar-refractivity contribution in [3.63, 3.8) is 0 Å². The second-order valence-corrected chi connectivity index (χ2v) is 7.53. The van der Waals surface area contributed by atoms with Gasteiger partial charge in [-0.05, 0) is 42.9 Å². The highest BCUT2D eigenvalue weighted by molar-refractivity contribution is 7.89. The molecule has 1 aromatic rings. The summed E-state index contributed by atoms with van der Waals surface area (Å²) in [6, 6.07) is 7.25. The maximum Gasteiger partial charge on any atom is 0.243 e. The minimum atomic E-state index is -3.40. The minimum Gasteiger partial charge on any atom is -0.381 e. The van der Waals surface area contributed by atoms with Crippen molar-refractivity contribution >= 4 is 10.0 Å². The van der Waals surface area contributed by atoms with Crippen molar-refractivity contribution in [3.8, 4) is 0 Å². The molecule has 1 aliphatic heterocycles. The Morgan fingerprint density at radius 2 is 1.95 bits per heavy atom. The lowest BCUT2D eigenvalue weighted by Gasteiger charge is -2.24. The minimum absolute atomic E-state index is 0.321. The van der Waals surface area contributed by atoms with E-state index in [4.69, 9.17) is 4.74 Å². The van der Waals surface area contributed by atoms with Gasteiger partial charge in [-0.1, -0.05) is 26.0 Å². The summed E-state index contributed by atoms with van der Waals surface area (Å²) in [5, 5.41) is 0. The topological polar surface area (TPSA) is 46.6 Å². The van der Waals surface area contributed by atoms with Gasteiger partial charge in [-0.25, -0.2) is 8.42 Å². The monoisotopic (exact) mass is 311 g/mol. The molecule has 21 heavy (non-hydrogen) atoms. The van der Waals surface area contributed by atoms with Gasteiger partial charge in [0.2, 0.25) is 10.0 Å². The molecular weight excluding hydrogens is 286 g/mol. The molecule has 1 heterocycles. The van der Waals surface area contributed by atoms with Crippen LogP contribution in [-0.4, -0.2) is 39.0 Å². The molecule has 0 N–H and O–H groups in total. The quantitative estimate of drug-likeness (QED) is 0.778. The lowest BCUT2D eigenvalue weighted by molar-refractivity contribution is 0.180. The molecule has 0 aliphatic carbocycles. The zero-order valence-electron chi connectivity index (χ0n) is 12.9. The fourth-order valence-corrected chi connectivity index (χ4v) is 4.23. The first-order chi connectivity index (χ1) is 10.1. The molecule has 0 radical (unpaired) electrons. The molecular formula is C16H25NO3S. The number of sulfonamides is 1. The molecule has 0 amide bonds. The third-order valence-electron chi connectivity index (χ3n) is 3.93. The van der Waals surface area contributed by atoms with E-state index in [0.717, 1.165) is 31.4 Å². The van der Waals surface area contributed by atoms with E-state index in [1.54, 1.807) is 16.4 Å². The predicted molar refractivity (Wildman–Crippen MR) is 83.8 cm³/mol. The van der Waals surface area contributed by atoms with Crippen LogP contribution in [0.25, 0.3) is 0 Å². The van der Waals surface area contributed by atoms with Crippen LogP contribution < -0.4 is 0 Å². The molecule has 0 saturated carbocycles. The van der Waals surface area contributed by atoms with Crippen molar-refractivity contribution in [2.45, 2.75) is 38.0 Å². The van der Waals surface area contributed by atoms with Gasteiger partial charge in [0.05, 0.1) is 11.5 Å². The Balaban J connectivity index is 2.18. The molecule has 1 aliphatic rings. The summed E-state index contributed by atoms with van der Waals surface area (Å²) < 4.78 is 32.6. The molecule has 1 fully saturated rings. The van der Waals surface area contributed by atoms with Gasteiger partial charge >= 0.3 is 0 Å². The molecule has 0 bridgehead atoms. The maximum atomic E-state index is 12.8. The normalized spacial score (nSPS) is 19.3. The van der Waals surface area contributed by atoms with Gasteiger partial charge in [0.1, 0.15) is 0 Å². The number of ether oxygens (including phenoxy) is 1. The Hall–Kier alpha value is -0.910. The Kier molecular flexibility index (Phi) is 5.79. The maximum absolute atomic E-state index is 12.8. The van der Waals surface area contributed by atoms with Crippen LogP contribution in [0.5, 0.6) is 0 Å². The van der Waals surface area contributed by atoms with Crippen molar-refractivity contribution in [2.75, 3.05) is 26.3 Å². The zero-order chi connectivity index (χ0) is 15.3. The summed E-state index contributed by atoms with van der Waals surface area (Å²) >= 11 is 0. The van der Waals surface area contributed by atoms with Crippen molar-refractivity contribution in [1.82, 2.24) is 4.31 Å². The van der Waals surface area contributed by atoms with Crippen LogP contribution in [0.4, 0.5) is 0 Å². The highest BCUT2D eigenvalue weighted by atomic mass is 32.2. The first-order valence-corrected chi connectivity index (χ1v) is 9.18. The van der Waals surface area contributed by atoms with Gasteiger partial charge in [0, 0.05) is 19.7 Å². The number of hydrogen-bond acceptors (Lipinski definition) is 3. The smallest absolute Gasteiger partial charge is 0.243 e. The van der Waals surface area contributed by atoms with Gasteiger partial charge in [-0.15, -0.1) is 0 Å². The molecule has 1 saturated heterocycles. The van der Waals surface area contributed by atoms with Gasteiger partial charge in [-0.2, -0.15) is 4.31 Å². The average molecular weight is 311 g/mol. The Morgan fingerprint density at radius 3 is 2.48 bits per heavy atom. The van der Waals surface area contributed by atoms with Crippen LogP contribution in [0.1, 0.15) is 32.3 Å². The summed E-state index contributed by atoms with van der Waals surface area (Å²) in [6.45, 7) is 6.61. The zero-order valence-corrected chi connectivity index (χ0v) is 13.7. The molecule has 118 valence electrons. The van der Waals surface area contributed by atoms with Gasteiger partial charge in [-0.3, -0.25) is 0 Å². The van der Waals surface area contributed by atoms with E-state index >= 15 is 0 Å². The van der Waals surface area contributed by atoms with Gasteiger partial charge < -0.3 is 4.74 Å². The molecule has 0 spiro atoms. The fourth-order valence-electron chi connectivity index (χ4n) is 2.62. The SMILES string of the molecule is CCCN(CC1CCOC1)S(=O)(=O)c1ccc(CC)cc1. The number of rotatable bonds is 7.